The number of hydrogen-bond acceptors (Lipinski definition) is 3. The van der Waals surface area contributed by atoms with Crippen LogP contribution in [0.3, 0.4) is 0 Å². The highest BCUT2D eigenvalue weighted by atomic mass is 79.9. The number of hydrogen-bond donors (Lipinski definition) is 2. The van der Waals surface area contributed by atoms with E-state index in [1.165, 1.54) is 0 Å². The zero-order valence-electron chi connectivity index (χ0n) is 13.3. The molecule has 0 bridgehead atoms. The molecule has 2 rings (SSSR count). The van der Waals surface area contributed by atoms with Crippen molar-refractivity contribution in [2.75, 3.05) is 0 Å². The van der Waals surface area contributed by atoms with Gasteiger partial charge < -0.3 is 10.2 Å². The highest BCUT2D eigenvalue weighted by molar-refractivity contribution is 9.10. The highest BCUT2D eigenvalue weighted by Gasteiger charge is 2.28. The monoisotopic (exact) mass is 454 g/mol. The summed E-state index contributed by atoms with van der Waals surface area (Å²) >= 11 is 6.70. The molecule has 0 radical (unpaired) electrons. The summed E-state index contributed by atoms with van der Waals surface area (Å²) < 4.78 is 1.84. The van der Waals surface area contributed by atoms with Gasteiger partial charge in [0, 0.05) is 21.3 Å². The zero-order chi connectivity index (χ0) is 17.7. The number of aliphatic hydroxyl groups excluding tert-OH is 2. The van der Waals surface area contributed by atoms with E-state index in [1.54, 1.807) is 24.3 Å². The molecule has 0 aliphatic heterocycles. The summed E-state index contributed by atoms with van der Waals surface area (Å²) in [6.07, 6.45) is -1.22. The Kier molecular flexibility index (Phi) is 7.16. The SMILES string of the molecule is CCC(C(=O)C[C@H](O)c1ccc(Br)cc1)[C@H](O)c1ccc(Br)cc1. The van der Waals surface area contributed by atoms with E-state index in [0.29, 0.717) is 17.5 Å². The first-order valence-corrected chi connectivity index (χ1v) is 9.40. The number of rotatable bonds is 7. The van der Waals surface area contributed by atoms with Crippen LogP contribution >= 0.6 is 31.9 Å². The van der Waals surface area contributed by atoms with Crippen molar-refractivity contribution < 1.29 is 15.0 Å². The summed E-state index contributed by atoms with van der Waals surface area (Å²) in [4.78, 5) is 12.6. The Balaban J connectivity index is 2.07. The zero-order valence-corrected chi connectivity index (χ0v) is 16.5. The standard InChI is InChI=1S/C19H20Br2O3/c1-2-16(19(24)13-5-9-15(21)10-6-13)18(23)11-17(22)12-3-7-14(20)8-4-12/h3-10,16-17,19,22,24H,2,11H2,1H3/t16?,17-,19+/m0/s1. The molecule has 0 aliphatic rings. The fraction of sp³-hybridized carbons (Fsp3) is 0.316. The van der Waals surface area contributed by atoms with Crippen LogP contribution in [-0.4, -0.2) is 16.0 Å². The Morgan fingerprint density at radius 2 is 1.38 bits per heavy atom. The summed E-state index contributed by atoms with van der Waals surface area (Å²) in [7, 11) is 0. The lowest BCUT2D eigenvalue weighted by Crippen LogP contribution is -2.23. The van der Waals surface area contributed by atoms with E-state index in [0.717, 1.165) is 8.95 Å². The van der Waals surface area contributed by atoms with Crippen LogP contribution in [0.1, 0.15) is 43.1 Å². The van der Waals surface area contributed by atoms with Gasteiger partial charge in [-0.1, -0.05) is 63.0 Å². The molecule has 5 heteroatoms. The van der Waals surface area contributed by atoms with Crippen molar-refractivity contribution >= 4 is 37.6 Å². The molecule has 0 heterocycles. The first kappa shape index (κ1) is 19.3. The van der Waals surface area contributed by atoms with Crippen LogP contribution < -0.4 is 0 Å². The van der Waals surface area contributed by atoms with Crippen LogP contribution in [0, 0.1) is 5.92 Å². The molecule has 0 spiro atoms. The van der Waals surface area contributed by atoms with Gasteiger partial charge in [0.2, 0.25) is 0 Å². The molecule has 0 fully saturated rings. The third kappa shape index (κ3) is 4.99. The summed E-state index contributed by atoms with van der Waals surface area (Å²) in [6.45, 7) is 1.87. The minimum Gasteiger partial charge on any atom is -0.388 e. The molecule has 24 heavy (non-hydrogen) atoms. The number of aliphatic hydroxyl groups is 2. The van der Waals surface area contributed by atoms with Crippen molar-refractivity contribution in [3.8, 4) is 0 Å². The van der Waals surface area contributed by atoms with E-state index < -0.39 is 18.1 Å². The Morgan fingerprint density at radius 3 is 1.83 bits per heavy atom. The molecule has 0 aliphatic carbocycles. The summed E-state index contributed by atoms with van der Waals surface area (Å²) in [5.41, 5.74) is 1.40. The van der Waals surface area contributed by atoms with Crippen LogP contribution in [0.25, 0.3) is 0 Å². The average Bonchev–Trinajstić information content (AvgIpc) is 2.56. The second-order valence-electron chi connectivity index (χ2n) is 5.75. The lowest BCUT2D eigenvalue weighted by atomic mass is 9.86. The second kappa shape index (κ2) is 8.90. The second-order valence-corrected chi connectivity index (χ2v) is 7.58. The van der Waals surface area contributed by atoms with Crippen molar-refractivity contribution in [2.24, 2.45) is 5.92 Å². The molecule has 128 valence electrons. The fourth-order valence-electron chi connectivity index (χ4n) is 2.66. The van der Waals surface area contributed by atoms with Crippen LogP contribution in [0.15, 0.2) is 57.5 Å². The topological polar surface area (TPSA) is 57.5 Å². The Hall–Kier alpha value is -1.01. The normalized spacial score (nSPS) is 14.9. The van der Waals surface area contributed by atoms with Gasteiger partial charge in [-0.25, -0.2) is 0 Å². The predicted molar refractivity (Wildman–Crippen MR) is 102 cm³/mol. The molecule has 0 saturated heterocycles. The summed E-state index contributed by atoms with van der Waals surface area (Å²) in [6, 6.07) is 14.5. The number of benzene rings is 2. The maximum atomic E-state index is 12.6. The Bertz CT molecular complexity index is 668. The van der Waals surface area contributed by atoms with Gasteiger partial charge in [0.05, 0.1) is 12.2 Å². The van der Waals surface area contributed by atoms with E-state index in [9.17, 15) is 15.0 Å². The fourth-order valence-corrected chi connectivity index (χ4v) is 3.19. The van der Waals surface area contributed by atoms with Crippen LogP contribution in [0.5, 0.6) is 0 Å². The van der Waals surface area contributed by atoms with E-state index >= 15 is 0 Å². The third-order valence-corrected chi connectivity index (χ3v) is 5.15. The van der Waals surface area contributed by atoms with Gasteiger partial charge in [-0.3, -0.25) is 4.79 Å². The van der Waals surface area contributed by atoms with Gasteiger partial charge in [0.15, 0.2) is 0 Å². The van der Waals surface area contributed by atoms with E-state index in [2.05, 4.69) is 31.9 Å². The number of Topliss-reactive ketones (excluding diaryl/α,β-unsaturated/α-hetero) is 1. The third-order valence-electron chi connectivity index (χ3n) is 4.10. The van der Waals surface area contributed by atoms with Crippen molar-refractivity contribution in [3.05, 3.63) is 68.6 Å². The van der Waals surface area contributed by atoms with Crippen LogP contribution in [-0.2, 0) is 4.79 Å². The smallest absolute Gasteiger partial charge is 0.141 e. The van der Waals surface area contributed by atoms with Gasteiger partial charge in [-0.2, -0.15) is 0 Å². The van der Waals surface area contributed by atoms with Gasteiger partial charge in [-0.05, 0) is 41.8 Å². The number of halogens is 2. The number of ketones is 1. The highest BCUT2D eigenvalue weighted by Crippen LogP contribution is 2.30. The minimum absolute atomic E-state index is 0.00622. The van der Waals surface area contributed by atoms with Crippen molar-refractivity contribution in [1.29, 1.82) is 0 Å². The van der Waals surface area contributed by atoms with Crippen molar-refractivity contribution in [1.82, 2.24) is 0 Å². The van der Waals surface area contributed by atoms with Gasteiger partial charge >= 0.3 is 0 Å². The molecular formula is C19H20Br2O3. The predicted octanol–water partition coefficient (Wildman–Crippen LogP) is 4.96. The molecule has 2 aromatic carbocycles. The summed E-state index contributed by atoms with van der Waals surface area (Å²) in [5, 5.41) is 20.8. The lowest BCUT2D eigenvalue weighted by Gasteiger charge is -2.22. The molecule has 0 saturated carbocycles. The maximum absolute atomic E-state index is 12.6. The Morgan fingerprint density at radius 1 is 0.917 bits per heavy atom. The van der Waals surface area contributed by atoms with Crippen molar-refractivity contribution in [2.45, 2.75) is 32.0 Å². The maximum Gasteiger partial charge on any atom is 0.141 e. The van der Waals surface area contributed by atoms with E-state index in [-0.39, 0.29) is 12.2 Å². The quantitative estimate of drug-likeness (QED) is 0.619. The van der Waals surface area contributed by atoms with Gasteiger partial charge in [0.25, 0.3) is 0 Å². The molecule has 3 atom stereocenters. The summed E-state index contributed by atoms with van der Waals surface area (Å²) in [5.74, 6) is -0.667. The first-order chi connectivity index (χ1) is 11.4. The molecule has 0 aromatic heterocycles. The molecule has 2 N–H and O–H groups in total. The first-order valence-electron chi connectivity index (χ1n) is 7.82. The molecule has 0 amide bonds. The Labute approximate surface area is 159 Å². The average molecular weight is 456 g/mol. The van der Waals surface area contributed by atoms with Crippen LogP contribution in [0.2, 0.25) is 0 Å². The van der Waals surface area contributed by atoms with Gasteiger partial charge in [0.1, 0.15) is 5.78 Å². The van der Waals surface area contributed by atoms with E-state index in [4.69, 9.17) is 0 Å². The van der Waals surface area contributed by atoms with Gasteiger partial charge in [-0.15, -0.1) is 0 Å². The number of carbonyl (C=O) groups is 1. The van der Waals surface area contributed by atoms with E-state index in [1.807, 2.05) is 31.2 Å². The minimum atomic E-state index is -0.868. The molecular weight excluding hydrogens is 436 g/mol. The molecule has 2 aromatic rings. The number of carbonyl (C=O) groups excluding carboxylic acids is 1. The largest absolute Gasteiger partial charge is 0.388 e. The lowest BCUT2D eigenvalue weighted by molar-refractivity contribution is -0.128. The van der Waals surface area contributed by atoms with Crippen LogP contribution in [0.4, 0.5) is 0 Å². The molecule has 1 unspecified atom stereocenters. The van der Waals surface area contributed by atoms with Crippen molar-refractivity contribution in [3.63, 3.8) is 0 Å². The molecule has 3 nitrogen and oxygen atoms in total.